The Kier molecular flexibility index (Phi) is 31.3. The molecule has 660 valence electrons. The SMILES string of the molecule is CC(C)(C)OC(=O)N1CC(O)CC1c1nnc(-c2ccc(NC(=O)C(C)(C)C)cc2)nn1.CC(C)(C)OC(=O)N1CCCC1c1nnc(-c2ccc(NC(=O)C(C)(C)C)cc2)nn1.CC(C)(C)OC(=O)N1CCCCC1c1nnc(-c2ccc(NC(=O)C(C)(C)C)cc2)nn1.CC(C)(C)OC(=O)NCc1nnc(-c2ccc(NC(=O)C(C)(C)C)cc2)nn1. The Morgan fingerprint density at radius 2 is 0.593 bits per heavy atom. The van der Waals surface area contributed by atoms with Crippen molar-refractivity contribution in [1.82, 2.24) is 102 Å². The molecule has 0 radical (unpaired) electrons. The molecule has 0 saturated carbocycles. The van der Waals surface area contributed by atoms with Crippen molar-refractivity contribution in [3.63, 3.8) is 0 Å². The molecule has 37 nitrogen and oxygen atoms in total. The number of piperidine rings is 1. The van der Waals surface area contributed by atoms with E-state index in [-0.39, 0.29) is 79.1 Å². The van der Waals surface area contributed by atoms with E-state index in [1.807, 2.05) is 137 Å². The number of nitrogens with zero attached hydrogens (tertiary/aromatic N) is 19. The Labute approximate surface area is 717 Å². The molecule has 0 aliphatic carbocycles. The number of carbonyl (C=O) groups excluding carboxylic acids is 8. The van der Waals surface area contributed by atoms with E-state index in [1.54, 1.807) is 136 Å². The Balaban J connectivity index is 0.000000204. The summed E-state index contributed by atoms with van der Waals surface area (Å²) in [5.41, 5.74) is 1.31. The molecule has 123 heavy (non-hydrogen) atoms. The summed E-state index contributed by atoms with van der Waals surface area (Å²) in [6.45, 7) is 45.3. The maximum atomic E-state index is 12.6. The van der Waals surface area contributed by atoms with E-state index in [0.717, 1.165) is 43.2 Å². The van der Waals surface area contributed by atoms with Crippen molar-refractivity contribution in [1.29, 1.82) is 0 Å². The van der Waals surface area contributed by atoms with Gasteiger partial charge in [-0.3, -0.25) is 33.9 Å². The lowest BCUT2D eigenvalue weighted by atomic mass is 9.95. The molecule has 0 spiro atoms. The van der Waals surface area contributed by atoms with Gasteiger partial charge in [0.05, 0.1) is 31.3 Å². The number of hydrogen-bond acceptors (Lipinski definition) is 29. The number of amides is 8. The zero-order chi connectivity index (χ0) is 91.0. The number of aliphatic hydroxyl groups is 1. The van der Waals surface area contributed by atoms with Crippen LogP contribution in [0.4, 0.5) is 41.9 Å². The number of alkyl carbamates (subject to hydrolysis) is 1. The van der Waals surface area contributed by atoms with Gasteiger partial charge in [0, 0.05) is 86.2 Å². The summed E-state index contributed by atoms with van der Waals surface area (Å²) in [4.78, 5) is 102. The molecule has 0 bridgehead atoms. The number of aliphatic hydroxyl groups excluding tert-OH is 1. The van der Waals surface area contributed by atoms with Crippen LogP contribution in [0.1, 0.15) is 246 Å². The van der Waals surface area contributed by atoms with Crippen LogP contribution >= 0.6 is 0 Å². The predicted octanol–water partition coefficient (Wildman–Crippen LogP) is 14.3. The fourth-order valence-electron chi connectivity index (χ4n) is 11.3. The minimum atomic E-state index is -0.702. The van der Waals surface area contributed by atoms with Crippen molar-refractivity contribution in [3.05, 3.63) is 120 Å². The Morgan fingerprint density at radius 3 is 0.878 bits per heavy atom. The van der Waals surface area contributed by atoms with Crippen LogP contribution < -0.4 is 26.6 Å². The number of rotatable bonds is 13. The third-order valence-corrected chi connectivity index (χ3v) is 17.9. The van der Waals surface area contributed by atoms with Gasteiger partial charge in [-0.25, -0.2) is 19.2 Å². The van der Waals surface area contributed by atoms with Crippen molar-refractivity contribution in [2.24, 2.45) is 21.7 Å². The molecule has 3 aliphatic rings. The lowest BCUT2D eigenvalue weighted by molar-refractivity contribution is -0.123. The molecule has 6 N–H and O–H groups in total. The highest BCUT2D eigenvalue weighted by molar-refractivity contribution is 5.97. The molecule has 8 amide bonds. The molecule has 11 rings (SSSR count). The Morgan fingerprint density at radius 1 is 0.333 bits per heavy atom. The zero-order valence-corrected chi connectivity index (χ0v) is 75.0. The number of hydrogen-bond donors (Lipinski definition) is 6. The predicted molar refractivity (Wildman–Crippen MR) is 458 cm³/mol. The van der Waals surface area contributed by atoms with Gasteiger partial charge >= 0.3 is 24.4 Å². The standard InChI is InChI=1S/C23H32N6O3.C22H30N6O4.C22H30N6O3.C19H26N6O3/c1-22(2,3)20(30)24-16-12-10-15(11-13-16)18-25-27-19(28-26-18)17-9-7-8-14-29(17)21(31)32-23(4,5)6;1-21(2,3)19(30)23-14-9-7-13(8-10-14)17-24-26-18(27-25-17)16-11-15(29)12-28(16)20(31)32-22(4,5)6;1-21(2,3)19(29)23-15-11-9-14(10-12-15)17-24-26-18(27-25-17)16-8-7-13-28(16)20(30)31-22(4,5)6;1-18(2,3)16(26)21-13-9-7-12(8-10-13)15-24-22-14(23-25-15)11-20-17(27)28-19(4,5)6/h10-13,17H,7-9,14H2,1-6H3,(H,24,30);7-10,15-16,29H,11-12H2,1-6H3,(H,23,30);9-12,16H,7-8,13H2,1-6H3,(H,23,29);7-10H,11H2,1-6H3,(H,20,27)(H,21,26). The minimum absolute atomic E-state index is 0.0591. The molecule has 7 heterocycles. The number of likely N-dealkylation sites (tertiary alicyclic amines) is 3. The van der Waals surface area contributed by atoms with Gasteiger partial charge in [0.15, 0.2) is 23.3 Å². The lowest BCUT2D eigenvalue weighted by Crippen LogP contribution is -2.42. The highest BCUT2D eigenvalue weighted by Crippen LogP contribution is 2.36. The maximum absolute atomic E-state index is 12.6. The number of ether oxygens (including phenoxy) is 4. The van der Waals surface area contributed by atoms with Gasteiger partial charge in [-0.2, -0.15) is 0 Å². The van der Waals surface area contributed by atoms with Crippen LogP contribution in [-0.2, 0) is 44.7 Å². The van der Waals surface area contributed by atoms with E-state index in [2.05, 4.69) is 108 Å². The summed E-state index contributed by atoms with van der Waals surface area (Å²) >= 11 is 0. The van der Waals surface area contributed by atoms with Crippen molar-refractivity contribution >= 4 is 70.8 Å². The average Bonchev–Trinajstić information content (AvgIpc) is 1.68. The highest BCUT2D eigenvalue weighted by atomic mass is 16.6. The summed E-state index contributed by atoms with van der Waals surface area (Å²) < 4.78 is 21.6. The molecular formula is C86H118N24O13. The van der Waals surface area contributed by atoms with Crippen LogP contribution in [-0.4, -0.2) is 198 Å². The van der Waals surface area contributed by atoms with Gasteiger partial charge in [0.25, 0.3) is 0 Å². The highest BCUT2D eigenvalue weighted by Gasteiger charge is 2.41. The quantitative estimate of drug-likeness (QED) is 0.0584. The van der Waals surface area contributed by atoms with Crippen molar-refractivity contribution in [2.45, 2.75) is 258 Å². The van der Waals surface area contributed by atoms with Crippen molar-refractivity contribution in [2.75, 3.05) is 40.9 Å². The Bertz CT molecular complexity index is 4760. The first-order valence-corrected chi connectivity index (χ1v) is 40.7. The molecular weight excluding hydrogens is 1580 g/mol. The minimum Gasteiger partial charge on any atom is -0.444 e. The van der Waals surface area contributed by atoms with E-state index >= 15 is 0 Å². The second-order valence-electron chi connectivity index (χ2n) is 37.9. The number of β-amino-alcohol motifs (C(OH)–C–C–N with tert-alkyl or cyclic N) is 1. The third kappa shape index (κ3) is 30.0. The lowest BCUT2D eigenvalue weighted by Gasteiger charge is -2.35. The summed E-state index contributed by atoms with van der Waals surface area (Å²) in [5.74, 6) is 2.46. The monoisotopic (exact) mass is 1690 g/mol. The van der Waals surface area contributed by atoms with Gasteiger partial charge in [-0.15, -0.1) is 81.6 Å². The molecule has 4 aromatic carbocycles. The smallest absolute Gasteiger partial charge is 0.411 e. The van der Waals surface area contributed by atoms with E-state index in [4.69, 9.17) is 18.9 Å². The van der Waals surface area contributed by atoms with Crippen molar-refractivity contribution in [3.8, 4) is 45.6 Å². The molecule has 8 aromatic rings. The summed E-state index contributed by atoms with van der Waals surface area (Å²) in [6.07, 6.45) is 1.93. The first kappa shape index (κ1) is 96.0. The van der Waals surface area contributed by atoms with Crippen LogP contribution in [0.15, 0.2) is 97.1 Å². The summed E-state index contributed by atoms with van der Waals surface area (Å²) in [5, 5.41) is 90.5. The molecule has 4 unspecified atom stereocenters. The van der Waals surface area contributed by atoms with E-state index in [0.29, 0.717) is 81.9 Å². The van der Waals surface area contributed by atoms with E-state index < -0.39 is 68.4 Å². The first-order chi connectivity index (χ1) is 57.1. The average molecular weight is 1700 g/mol. The molecule has 3 saturated heterocycles. The molecule has 37 heteroatoms. The van der Waals surface area contributed by atoms with Crippen LogP contribution in [0.25, 0.3) is 45.6 Å². The molecule has 4 aromatic heterocycles. The second kappa shape index (κ2) is 40.0. The molecule has 4 atom stereocenters. The fraction of sp³-hybridized carbons (Fsp3) is 0.535. The molecule has 3 aliphatic heterocycles. The number of anilines is 4. The number of benzene rings is 4. The van der Waals surface area contributed by atoms with Crippen molar-refractivity contribution < 1.29 is 62.4 Å². The van der Waals surface area contributed by atoms with Crippen LogP contribution in [0.5, 0.6) is 0 Å². The summed E-state index contributed by atoms with van der Waals surface area (Å²) in [7, 11) is 0. The number of nitrogens with one attached hydrogen (secondary N) is 5. The van der Waals surface area contributed by atoms with Gasteiger partial charge < -0.3 is 50.6 Å². The van der Waals surface area contributed by atoms with E-state index in [1.165, 1.54) is 4.90 Å². The van der Waals surface area contributed by atoms with Crippen LogP contribution in [0.3, 0.4) is 0 Å². The number of carbonyl (C=O) groups is 8. The topological polar surface area (TPSA) is 470 Å². The first-order valence-electron chi connectivity index (χ1n) is 40.7. The summed E-state index contributed by atoms with van der Waals surface area (Å²) in [6, 6.07) is 27.4. The second-order valence-corrected chi connectivity index (χ2v) is 37.9. The van der Waals surface area contributed by atoms with Gasteiger partial charge in [0.1, 0.15) is 28.4 Å². The maximum Gasteiger partial charge on any atom is 0.411 e. The Hall–Kier alpha value is -12.4. The fourth-order valence-corrected chi connectivity index (χ4v) is 11.3. The van der Waals surface area contributed by atoms with Gasteiger partial charge in [-0.1, -0.05) is 83.1 Å². The van der Waals surface area contributed by atoms with Crippen LogP contribution in [0, 0.1) is 21.7 Å². The normalized spacial score (nSPS) is 16.3. The number of aromatic nitrogens is 16. The van der Waals surface area contributed by atoms with Gasteiger partial charge in [-0.05, 0) is 212 Å². The van der Waals surface area contributed by atoms with Crippen LogP contribution in [0.2, 0.25) is 0 Å². The zero-order valence-electron chi connectivity index (χ0n) is 75.0. The third-order valence-electron chi connectivity index (χ3n) is 17.9. The van der Waals surface area contributed by atoms with E-state index in [9.17, 15) is 43.5 Å². The largest absolute Gasteiger partial charge is 0.444 e. The van der Waals surface area contributed by atoms with Gasteiger partial charge in [0.2, 0.25) is 46.9 Å². The molecule has 3 fully saturated rings.